The van der Waals surface area contributed by atoms with Gasteiger partial charge in [-0.05, 0) is 39.4 Å². The third kappa shape index (κ3) is 3.19. The highest BCUT2D eigenvalue weighted by Gasteiger charge is 2.42. The molecular weight excluding hydrogens is 333 g/mol. The third-order valence-electron chi connectivity index (χ3n) is 4.23. The molecule has 8 heteroatoms. The van der Waals surface area contributed by atoms with Gasteiger partial charge in [0.1, 0.15) is 10.0 Å². The monoisotopic (exact) mass is 351 g/mol. The Kier molecular flexibility index (Phi) is 4.85. The fourth-order valence-electron chi connectivity index (χ4n) is 2.56. The molecule has 5 nitrogen and oxygen atoms in total. The molecule has 0 aromatic carbocycles. The van der Waals surface area contributed by atoms with Gasteiger partial charge in [0.25, 0.3) is 0 Å². The first-order valence-corrected chi connectivity index (χ1v) is 8.83. The van der Waals surface area contributed by atoms with E-state index < -0.39 is 10.0 Å². The predicted molar refractivity (Wildman–Crippen MR) is 84.3 cm³/mol. The second kappa shape index (κ2) is 6.01. The smallest absolute Gasteiger partial charge is 0.244 e. The third-order valence-corrected chi connectivity index (χ3v) is 6.68. The van der Waals surface area contributed by atoms with Crippen LogP contribution < -0.4 is 0 Å². The van der Waals surface area contributed by atoms with Crippen LogP contribution in [0.4, 0.5) is 0 Å². The maximum atomic E-state index is 12.6. The van der Waals surface area contributed by atoms with Crippen LogP contribution in [0.15, 0.2) is 17.2 Å². The Labute approximate surface area is 135 Å². The minimum Gasteiger partial charge on any atom is -0.302 e. The number of aromatic nitrogens is 1. The van der Waals surface area contributed by atoms with E-state index in [4.69, 9.17) is 23.2 Å². The first kappa shape index (κ1) is 17.0. The second-order valence-corrected chi connectivity index (χ2v) is 8.49. The Morgan fingerprint density at radius 2 is 1.90 bits per heavy atom. The summed E-state index contributed by atoms with van der Waals surface area (Å²) in [6.07, 6.45) is 4.36. The number of rotatable bonds is 5. The summed E-state index contributed by atoms with van der Waals surface area (Å²) >= 11 is 11.6. The minimum atomic E-state index is -3.62. The van der Waals surface area contributed by atoms with Crippen molar-refractivity contribution < 1.29 is 8.42 Å². The van der Waals surface area contributed by atoms with E-state index in [1.807, 2.05) is 14.1 Å². The number of hydrogen-bond acceptors (Lipinski definition) is 4. The number of nitrogens with zero attached hydrogens (tertiary/aromatic N) is 3. The van der Waals surface area contributed by atoms with Crippen LogP contribution in [0.3, 0.4) is 0 Å². The van der Waals surface area contributed by atoms with E-state index >= 15 is 0 Å². The minimum absolute atomic E-state index is 0.0626. The summed E-state index contributed by atoms with van der Waals surface area (Å²) in [6.45, 7) is 0.447. The Morgan fingerprint density at radius 3 is 2.33 bits per heavy atom. The Bertz CT molecular complexity index is 630. The first-order valence-electron chi connectivity index (χ1n) is 6.64. The van der Waals surface area contributed by atoms with Crippen molar-refractivity contribution >= 4 is 33.2 Å². The molecule has 0 bridgehead atoms. The molecule has 1 fully saturated rings. The van der Waals surface area contributed by atoms with Crippen molar-refractivity contribution in [1.29, 1.82) is 0 Å². The number of halogens is 2. The molecule has 118 valence electrons. The second-order valence-electron chi connectivity index (χ2n) is 5.68. The molecule has 1 aliphatic carbocycles. The number of sulfonamides is 1. The van der Waals surface area contributed by atoms with Gasteiger partial charge in [-0.2, -0.15) is 4.31 Å². The Balaban J connectivity index is 2.24. The van der Waals surface area contributed by atoms with Crippen LogP contribution in [-0.2, 0) is 10.0 Å². The van der Waals surface area contributed by atoms with Gasteiger partial charge in [0.2, 0.25) is 10.0 Å². The molecule has 0 saturated heterocycles. The summed E-state index contributed by atoms with van der Waals surface area (Å²) in [4.78, 5) is 5.98. The maximum Gasteiger partial charge on any atom is 0.244 e. The van der Waals surface area contributed by atoms with E-state index in [2.05, 4.69) is 9.88 Å². The fourth-order valence-corrected chi connectivity index (χ4v) is 4.11. The van der Waals surface area contributed by atoms with Crippen molar-refractivity contribution in [3.05, 3.63) is 22.4 Å². The van der Waals surface area contributed by atoms with Crippen LogP contribution >= 0.6 is 23.2 Å². The molecule has 0 unspecified atom stereocenters. The molecule has 0 aliphatic heterocycles. The maximum absolute atomic E-state index is 12.6. The molecular formula is C13H19Cl2N3O2S. The summed E-state index contributed by atoms with van der Waals surface area (Å²) < 4.78 is 26.6. The van der Waals surface area contributed by atoms with Crippen LogP contribution in [0, 0.1) is 0 Å². The van der Waals surface area contributed by atoms with Crippen LogP contribution in [0.25, 0.3) is 0 Å². The van der Waals surface area contributed by atoms with Crippen molar-refractivity contribution in [3.8, 4) is 0 Å². The Morgan fingerprint density at radius 1 is 1.29 bits per heavy atom. The number of pyridine rings is 1. The topological polar surface area (TPSA) is 53.5 Å². The van der Waals surface area contributed by atoms with Gasteiger partial charge in [0.15, 0.2) is 0 Å². The largest absolute Gasteiger partial charge is 0.302 e. The molecule has 21 heavy (non-hydrogen) atoms. The lowest BCUT2D eigenvalue weighted by molar-refractivity contribution is 0.0455. The molecule has 0 N–H and O–H groups in total. The average molecular weight is 352 g/mol. The van der Waals surface area contributed by atoms with Crippen LogP contribution in [0.1, 0.15) is 19.3 Å². The lowest BCUT2D eigenvalue weighted by Crippen LogP contribution is -2.57. The number of hydrogen-bond donors (Lipinski definition) is 0. The highest BCUT2D eigenvalue weighted by Crippen LogP contribution is 2.37. The van der Waals surface area contributed by atoms with E-state index in [1.165, 1.54) is 16.6 Å². The van der Waals surface area contributed by atoms with Crippen molar-refractivity contribution in [3.63, 3.8) is 0 Å². The molecule has 1 aromatic rings. The summed E-state index contributed by atoms with van der Waals surface area (Å²) in [6, 6.07) is 1.34. The van der Waals surface area contributed by atoms with Gasteiger partial charge in [-0.15, -0.1) is 0 Å². The van der Waals surface area contributed by atoms with E-state index in [1.54, 1.807) is 7.05 Å². The van der Waals surface area contributed by atoms with Crippen molar-refractivity contribution in [1.82, 2.24) is 14.2 Å². The van der Waals surface area contributed by atoms with E-state index in [0.29, 0.717) is 6.54 Å². The zero-order valence-corrected chi connectivity index (χ0v) is 14.6. The van der Waals surface area contributed by atoms with Gasteiger partial charge >= 0.3 is 0 Å². The molecule has 0 radical (unpaired) electrons. The van der Waals surface area contributed by atoms with Crippen LogP contribution in [-0.4, -0.2) is 55.8 Å². The van der Waals surface area contributed by atoms with Crippen LogP contribution in [0.5, 0.6) is 0 Å². The van der Waals surface area contributed by atoms with Crippen molar-refractivity contribution in [2.75, 3.05) is 27.7 Å². The predicted octanol–water partition coefficient (Wildman–Crippen LogP) is 2.49. The van der Waals surface area contributed by atoms with Gasteiger partial charge in [-0.1, -0.05) is 23.2 Å². The summed E-state index contributed by atoms with van der Waals surface area (Å²) in [5.74, 6) is 0. The standard InChI is InChI=1S/C13H19Cl2N3O2S/c1-17(2)13(5-4-6-13)9-18(3)21(19,20)10-7-11(14)12(15)16-8-10/h7-8H,4-6,9H2,1-3H3. The van der Waals surface area contributed by atoms with Gasteiger partial charge in [0, 0.05) is 25.3 Å². The summed E-state index contributed by atoms with van der Waals surface area (Å²) in [5, 5.41) is 0.235. The highest BCUT2D eigenvalue weighted by atomic mass is 35.5. The quantitative estimate of drug-likeness (QED) is 0.764. The molecule has 0 amide bonds. The lowest BCUT2D eigenvalue weighted by Gasteiger charge is -2.48. The van der Waals surface area contributed by atoms with Gasteiger partial charge in [-0.3, -0.25) is 0 Å². The van der Waals surface area contributed by atoms with Crippen molar-refractivity contribution in [2.45, 2.75) is 29.7 Å². The molecule has 0 spiro atoms. The zero-order chi connectivity index (χ0) is 15.8. The Hall–Kier alpha value is -0.400. The van der Waals surface area contributed by atoms with Gasteiger partial charge in [-0.25, -0.2) is 13.4 Å². The summed E-state index contributed by atoms with van der Waals surface area (Å²) in [5.41, 5.74) is -0.0779. The van der Waals surface area contributed by atoms with Gasteiger partial charge in [0.05, 0.1) is 5.02 Å². The van der Waals surface area contributed by atoms with E-state index in [0.717, 1.165) is 19.3 Å². The van der Waals surface area contributed by atoms with Gasteiger partial charge < -0.3 is 4.90 Å². The highest BCUT2D eigenvalue weighted by molar-refractivity contribution is 7.89. The summed E-state index contributed by atoms with van der Waals surface area (Å²) in [7, 11) is 1.94. The van der Waals surface area contributed by atoms with Crippen LogP contribution in [0.2, 0.25) is 10.2 Å². The molecule has 1 aromatic heterocycles. The first-order chi connectivity index (χ1) is 9.69. The molecule has 0 atom stereocenters. The average Bonchev–Trinajstić information content (AvgIpc) is 2.36. The van der Waals surface area contributed by atoms with E-state index in [-0.39, 0.29) is 20.6 Å². The van der Waals surface area contributed by atoms with E-state index in [9.17, 15) is 8.42 Å². The SMILES string of the molecule is CN(C)C1(CN(C)S(=O)(=O)c2cnc(Cl)c(Cl)c2)CCC1. The molecule has 2 rings (SSSR count). The molecule has 1 heterocycles. The normalized spacial score (nSPS) is 18.0. The molecule has 1 aliphatic rings. The zero-order valence-electron chi connectivity index (χ0n) is 12.3. The lowest BCUT2D eigenvalue weighted by atomic mass is 9.75. The number of likely N-dealkylation sites (N-methyl/N-ethyl adjacent to an activating group) is 2. The fraction of sp³-hybridized carbons (Fsp3) is 0.615. The molecule has 1 saturated carbocycles. The van der Waals surface area contributed by atoms with Crippen molar-refractivity contribution in [2.24, 2.45) is 0 Å².